The number of halogens is 1. The Kier molecular flexibility index (Phi) is 5.09. The third kappa shape index (κ3) is 3.89. The van der Waals surface area contributed by atoms with Gasteiger partial charge in [0, 0.05) is 25.8 Å². The fourth-order valence-electron chi connectivity index (χ4n) is 3.24. The van der Waals surface area contributed by atoms with Crippen molar-refractivity contribution in [1.29, 1.82) is 0 Å². The summed E-state index contributed by atoms with van der Waals surface area (Å²) in [5.41, 5.74) is 2.08. The van der Waals surface area contributed by atoms with Crippen molar-refractivity contribution in [2.75, 3.05) is 29.9 Å². The molecule has 4 rings (SSSR count). The molecule has 1 aliphatic heterocycles. The second-order valence-corrected chi connectivity index (χ2v) is 9.41. The van der Waals surface area contributed by atoms with Crippen LogP contribution in [0.2, 0.25) is 5.02 Å². The molecule has 0 spiro atoms. The van der Waals surface area contributed by atoms with Gasteiger partial charge in [-0.3, -0.25) is 14.1 Å². The first-order chi connectivity index (χ1) is 13.4. The number of carbonyl (C=O) groups is 1. The minimum absolute atomic E-state index is 0.151. The van der Waals surface area contributed by atoms with E-state index < -0.39 is 9.84 Å². The highest BCUT2D eigenvalue weighted by Crippen LogP contribution is 2.22. The Hall–Kier alpha value is -2.42. The number of aromatic nitrogens is 2. The standard InChI is InChI=1S/C19H19ClN4O3S/c20-14-5-1-2-6-15(14)22-19(25)18-21-16(17-7-3-4-8-24(17)18)13-23-9-11-28(26,27)12-10-23/h1-8H,9-13H2,(H,22,25). The number of hydrogen-bond acceptors (Lipinski definition) is 5. The monoisotopic (exact) mass is 418 g/mol. The fourth-order valence-corrected chi connectivity index (χ4v) is 4.70. The van der Waals surface area contributed by atoms with Gasteiger partial charge in [-0.05, 0) is 24.3 Å². The summed E-state index contributed by atoms with van der Waals surface area (Å²) in [6, 6.07) is 12.6. The Balaban J connectivity index is 1.61. The predicted octanol–water partition coefficient (Wildman–Crippen LogP) is 2.47. The molecule has 0 aliphatic carbocycles. The first-order valence-electron chi connectivity index (χ1n) is 8.87. The molecule has 2 aromatic heterocycles. The van der Waals surface area contributed by atoms with Crippen molar-refractivity contribution < 1.29 is 13.2 Å². The number of anilines is 1. The van der Waals surface area contributed by atoms with Crippen molar-refractivity contribution >= 4 is 38.5 Å². The summed E-state index contributed by atoms with van der Waals surface area (Å²) in [7, 11) is -2.94. The molecule has 9 heteroatoms. The highest BCUT2D eigenvalue weighted by atomic mass is 35.5. The van der Waals surface area contributed by atoms with Crippen LogP contribution in [0, 0.1) is 0 Å². The van der Waals surface area contributed by atoms with Crippen LogP contribution in [-0.4, -0.2) is 53.2 Å². The van der Waals surface area contributed by atoms with Crippen molar-refractivity contribution in [1.82, 2.24) is 14.3 Å². The smallest absolute Gasteiger partial charge is 0.292 e. The molecule has 0 unspecified atom stereocenters. The van der Waals surface area contributed by atoms with Gasteiger partial charge in [-0.15, -0.1) is 0 Å². The van der Waals surface area contributed by atoms with E-state index >= 15 is 0 Å². The van der Waals surface area contributed by atoms with E-state index in [1.54, 1.807) is 34.9 Å². The average Bonchev–Trinajstić information content (AvgIpc) is 3.04. The molecular formula is C19H19ClN4O3S. The van der Waals surface area contributed by atoms with Crippen LogP contribution < -0.4 is 5.32 Å². The minimum atomic E-state index is -2.94. The molecule has 0 radical (unpaired) electrons. The normalized spacial score (nSPS) is 16.9. The van der Waals surface area contributed by atoms with E-state index in [1.165, 1.54) is 0 Å². The van der Waals surface area contributed by atoms with E-state index in [9.17, 15) is 13.2 Å². The fraction of sp³-hybridized carbons (Fsp3) is 0.263. The zero-order valence-corrected chi connectivity index (χ0v) is 16.6. The van der Waals surface area contributed by atoms with Crippen molar-refractivity contribution in [2.45, 2.75) is 6.54 Å². The average molecular weight is 419 g/mol. The van der Waals surface area contributed by atoms with Crippen LogP contribution in [-0.2, 0) is 16.4 Å². The number of sulfone groups is 1. The highest BCUT2D eigenvalue weighted by Gasteiger charge is 2.24. The van der Waals surface area contributed by atoms with E-state index in [0.29, 0.717) is 30.3 Å². The number of imidazole rings is 1. The van der Waals surface area contributed by atoms with Gasteiger partial charge in [0.2, 0.25) is 5.82 Å². The molecule has 1 fully saturated rings. The van der Waals surface area contributed by atoms with Crippen molar-refractivity contribution in [3.63, 3.8) is 0 Å². The van der Waals surface area contributed by atoms with E-state index in [2.05, 4.69) is 10.3 Å². The Morgan fingerprint density at radius 3 is 2.57 bits per heavy atom. The molecule has 1 saturated heterocycles. The third-order valence-electron chi connectivity index (χ3n) is 4.76. The highest BCUT2D eigenvalue weighted by molar-refractivity contribution is 7.91. The summed E-state index contributed by atoms with van der Waals surface area (Å²) >= 11 is 6.13. The quantitative estimate of drug-likeness (QED) is 0.703. The van der Waals surface area contributed by atoms with Gasteiger partial charge in [0.15, 0.2) is 9.84 Å². The third-order valence-corrected chi connectivity index (χ3v) is 6.70. The Morgan fingerprint density at radius 1 is 1.11 bits per heavy atom. The van der Waals surface area contributed by atoms with Crippen LogP contribution >= 0.6 is 11.6 Å². The number of fused-ring (bicyclic) bond motifs is 1. The van der Waals surface area contributed by atoms with Gasteiger partial charge < -0.3 is 5.32 Å². The SMILES string of the molecule is O=C(Nc1ccccc1Cl)c1nc(CN2CCS(=O)(=O)CC2)c2ccccn12. The van der Waals surface area contributed by atoms with Gasteiger partial charge in [0.05, 0.1) is 33.4 Å². The Bertz CT molecular complexity index is 1130. The van der Waals surface area contributed by atoms with Gasteiger partial charge in [0.1, 0.15) is 0 Å². The summed E-state index contributed by atoms with van der Waals surface area (Å²) in [5, 5.41) is 3.25. The largest absolute Gasteiger partial charge is 0.318 e. The van der Waals surface area contributed by atoms with Gasteiger partial charge in [-0.2, -0.15) is 0 Å². The summed E-state index contributed by atoms with van der Waals surface area (Å²) in [4.78, 5) is 19.4. The molecule has 7 nitrogen and oxygen atoms in total. The number of rotatable bonds is 4. The van der Waals surface area contributed by atoms with Crippen molar-refractivity contribution in [3.8, 4) is 0 Å². The van der Waals surface area contributed by atoms with Crippen LogP contribution in [0.5, 0.6) is 0 Å². The molecule has 1 aliphatic rings. The molecule has 0 saturated carbocycles. The summed E-state index contributed by atoms with van der Waals surface area (Å²) in [6.07, 6.45) is 1.79. The minimum Gasteiger partial charge on any atom is -0.318 e. The lowest BCUT2D eigenvalue weighted by molar-refractivity contribution is 0.101. The van der Waals surface area contributed by atoms with Crippen LogP contribution in [0.15, 0.2) is 48.7 Å². The van der Waals surface area contributed by atoms with E-state index in [4.69, 9.17) is 11.6 Å². The molecule has 0 atom stereocenters. The number of nitrogens with one attached hydrogen (secondary N) is 1. The molecule has 3 aromatic rings. The molecule has 1 amide bonds. The Labute approximate surface area is 167 Å². The topological polar surface area (TPSA) is 83.8 Å². The maximum Gasteiger partial charge on any atom is 0.292 e. The number of carbonyl (C=O) groups excluding carboxylic acids is 1. The van der Waals surface area contributed by atoms with Crippen molar-refractivity contribution in [2.24, 2.45) is 0 Å². The first-order valence-corrected chi connectivity index (χ1v) is 11.1. The van der Waals surface area contributed by atoms with E-state index in [0.717, 1.165) is 11.2 Å². The van der Waals surface area contributed by atoms with Gasteiger partial charge >= 0.3 is 0 Å². The lowest BCUT2D eigenvalue weighted by Crippen LogP contribution is -2.39. The molecule has 146 valence electrons. The number of hydrogen-bond donors (Lipinski definition) is 1. The Morgan fingerprint density at radius 2 is 1.82 bits per heavy atom. The maximum absolute atomic E-state index is 12.8. The van der Waals surface area contributed by atoms with E-state index in [1.807, 2.05) is 23.1 Å². The molecular weight excluding hydrogens is 400 g/mol. The van der Waals surface area contributed by atoms with Gasteiger partial charge in [-0.25, -0.2) is 13.4 Å². The molecule has 0 bridgehead atoms. The summed E-state index contributed by atoms with van der Waals surface area (Å²) in [5.74, 6) is 0.203. The van der Waals surface area contributed by atoms with Gasteiger partial charge in [-0.1, -0.05) is 29.8 Å². The molecule has 3 heterocycles. The first kappa shape index (κ1) is 18.9. The van der Waals surface area contributed by atoms with Crippen LogP contribution in [0.4, 0.5) is 5.69 Å². The lowest BCUT2D eigenvalue weighted by Gasteiger charge is -2.25. The van der Waals surface area contributed by atoms with Crippen molar-refractivity contribution in [3.05, 3.63) is 65.2 Å². The number of benzene rings is 1. The summed E-state index contributed by atoms with van der Waals surface area (Å²) < 4.78 is 25.0. The van der Waals surface area contributed by atoms with Gasteiger partial charge in [0.25, 0.3) is 5.91 Å². The number of para-hydroxylation sites is 1. The maximum atomic E-state index is 12.8. The van der Waals surface area contributed by atoms with Crippen LogP contribution in [0.1, 0.15) is 16.3 Å². The molecule has 1 N–H and O–H groups in total. The summed E-state index contributed by atoms with van der Waals surface area (Å²) in [6.45, 7) is 1.42. The lowest BCUT2D eigenvalue weighted by atomic mass is 10.3. The second kappa shape index (κ2) is 7.54. The van der Waals surface area contributed by atoms with Crippen LogP contribution in [0.3, 0.4) is 0 Å². The predicted molar refractivity (Wildman–Crippen MR) is 109 cm³/mol. The molecule has 1 aromatic carbocycles. The number of amides is 1. The zero-order chi connectivity index (χ0) is 19.7. The zero-order valence-electron chi connectivity index (χ0n) is 15.0. The van der Waals surface area contributed by atoms with Crippen LogP contribution in [0.25, 0.3) is 5.52 Å². The van der Waals surface area contributed by atoms with E-state index in [-0.39, 0.29) is 23.2 Å². The second-order valence-electron chi connectivity index (χ2n) is 6.70. The number of pyridine rings is 1. The molecule has 28 heavy (non-hydrogen) atoms. The number of nitrogens with zero attached hydrogens (tertiary/aromatic N) is 3.